The number of benzene rings is 2. The summed E-state index contributed by atoms with van der Waals surface area (Å²) < 4.78 is 11.9. The Bertz CT molecular complexity index is 1020. The zero-order valence-electron chi connectivity index (χ0n) is 14.0. The number of rotatable bonds is 4. The van der Waals surface area contributed by atoms with Gasteiger partial charge in [0.1, 0.15) is 17.9 Å². The predicted octanol–water partition coefficient (Wildman–Crippen LogP) is 1.38. The van der Waals surface area contributed by atoms with Gasteiger partial charge in [0.05, 0.1) is 18.7 Å². The molecule has 1 aromatic heterocycles. The number of aromatic nitrogens is 1. The van der Waals surface area contributed by atoms with E-state index in [1.165, 1.54) is 4.57 Å². The predicted molar refractivity (Wildman–Crippen MR) is 93.9 cm³/mol. The van der Waals surface area contributed by atoms with E-state index in [1.807, 2.05) is 12.1 Å². The van der Waals surface area contributed by atoms with E-state index in [0.717, 1.165) is 0 Å². The molecule has 134 valence electrons. The molecule has 3 aromatic rings. The van der Waals surface area contributed by atoms with Crippen molar-refractivity contribution in [2.24, 2.45) is 0 Å². The minimum Gasteiger partial charge on any atom is -0.493 e. The SMILES string of the molecule is O=C(Cn1c(=O)oc2ccccc21)NCC1(O)CCOc2ccccc21. The van der Waals surface area contributed by atoms with Gasteiger partial charge < -0.3 is 19.6 Å². The van der Waals surface area contributed by atoms with Crippen LogP contribution in [0, 0.1) is 0 Å². The van der Waals surface area contributed by atoms with E-state index in [0.29, 0.717) is 35.4 Å². The first-order valence-electron chi connectivity index (χ1n) is 8.37. The summed E-state index contributed by atoms with van der Waals surface area (Å²) in [5.41, 5.74) is 0.441. The molecule has 0 fully saturated rings. The molecule has 2 heterocycles. The van der Waals surface area contributed by atoms with Crippen molar-refractivity contribution < 1.29 is 19.1 Å². The Morgan fingerprint density at radius 2 is 1.96 bits per heavy atom. The first-order valence-corrected chi connectivity index (χ1v) is 8.37. The fourth-order valence-electron chi connectivity index (χ4n) is 3.23. The van der Waals surface area contributed by atoms with Crippen LogP contribution in [0.25, 0.3) is 11.1 Å². The van der Waals surface area contributed by atoms with Crippen molar-refractivity contribution in [2.45, 2.75) is 18.6 Å². The summed E-state index contributed by atoms with van der Waals surface area (Å²) in [6, 6.07) is 14.1. The van der Waals surface area contributed by atoms with Crippen LogP contribution < -0.4 is 15.8 Å². The van der Waals surface area contributed by atoms with E-state index < -0.39 is 11.4 Å². The van der Waals surface area contributed by atoms with E-state index in [1.54, 1.807) is 36.4 Å². The summed E-state index contributed by atoms with van der Waals surface area (Å²) in [5, 5.41) is 13.7. The van der Waals surface area contributed by atoms with Gasteiger partial charge in [0.2, 0.25) is 5.91 Å². The number of amides is 1. The number of hydrogen-bond acceptors (Lipinski definition) is 5. The number of oxazole rings is 1. The van der Waals surface area contributed by atoms with Gasteiger partial charge in [0.25, 0.3) is 0 Å². The lowest BCUT2D eigenvalue weighted by atomic mass is 9.88. The van der Waals surface area contributed by atoms with Gasteiger partial charge in [0, 0.05) is 12.0 Å². The van der Waals surface area contributed by atoms with Crippen molar-refractivity contribution in [3.8, 4) is 5.75 Å². The van der Waals surface area contributed by atoms with Gasteiger partial charge in [-0.15, -0.1) is 0 Å². The number of ether oxygens (including phenoxy) is 1. The van der Waals surface area contributed by atoms with Crippen molar-refractivity contribution in [3.05, 3.63) is 64.6 Å². The number of aliphatic hydroxyl groups is 1. The first kappa shape index (κ1) is 16.4. The first-order chi connectivity index (χ1) is 12.6. The molecule has 0 radical (unpaired) electrons. The summed E-state index contributed by atoms with van der Waals surface area (Å²) in [7, 11) is 0. The van der Waals surface area contributed by atoms with Gasteiger partial charge in [0.15, 0.2) is 5.58 Å². The molecular formula is C19H18N2O5. The van der Waals surface area contributed by atoms with Crippen LogP contribution in [0.4, 0.5) is 0 Å². The molecule has 1 aliphatic heterocycles. The van der Waals surface area contributed by atoms with Crippen LogP contribution in [-0.4, -0.2) is 28.7 Å². The van der Waals surface area contributed by atoms with Gasteiger partial charge in [-0.25, -0.2) is 4.79 Å². The summed E-state index contributed by atoms with van der Waals surface area (Å²) in [5.74, 6) is -0.347. The molecule has 1 unspecified atom stereocenters. The Morgan fingerprint density at radius 3 is 2.85 bits per heavy atom. The van der Waals surface area contributed by atoms with Gasteiger partial charge in [-0.2, -0.15) is 0 Å². The highest BCUT2D eigenvalue weighted by atomic mass is 16.5. The Morgan fingerprint density at radius 1 is 1.19 bits per heavy atom. The molecule has 2 aromatic carbocycles. The Hall–Kier alpha value is -3.06. The summed E-state index contributed by atoms with van der Waals surface area (Å²) in [6.45, 7) is 0.232. The van der Waals surface area contributed by atoms with Gasteiger partial charge >= 0.3 is 5.76 Å². The fourth-order valence-corrected chi connectivity index (χ4v) is 3.23. The van der Waals surface area contributed by atoms with Crippen molar-refractivity contribution >= 4 is 17.0 Å². The van der Waals surface area contributed by atoms with E-state index in [-0.39, 0.29) is 19.0 Å². The minimum absolute atomic E-state index is 0.0384. The van der Waals surface area contributed by atoms with E-state index in [4.69, 9.17) is 9.15 Å². The summed E-state index contributed by atoms with van der Waals surface area (Å²) in [6.07, 6.45) is 0.374. The van der Waals surface area contributed by atoms with Crippen molar-refractivity contribution in [1.82, 2.24) is 9.88 Å². The maximum Gasteiger partial charge on any atom is 0.420 e. The zero-order valence-corrected chi connectivity index (χ0v) is 14.0. The van der Waals surface area contributed by atoms with Crippen molar-refractivity contribution in [1.29, 1.82) is 0 Å². The fraction of sp³-hybridized carbons (Fsp3) is 0.263. The number of hydrogen-bond donors (Lipinski definition) is 2. The molecule has 0 bridgehead atoms. The third-order valence-electron chi connectivity index (χ3n) is 4.62. The van der Waals surface area contributed by atoms with E-state index in [9.17, 15) is 14.7 Å². The molecule has 7 nitrogen and oxygen atoms in total. The number of para-hydroxylation sites is 3. The second-order valence-electron chi connectivity index (χ2n) is 6.32. The van der Waals surface area contributed by atoms with Gasteiger partial charge in [-0.3, -0.25) is 9.36 Å². The highest BCUT2D eigenvalue weighted by Gasteiger charge is 2.35. The van der Waals surface area contributed by atoms with Crippen LogP contribution in [-0.2, 0) is 16.9 Å². The topological polar surface area (TPSA) is 93.7 Å². The molecule has 1 amide bonds. The van der Waals surface area contributed by atoms with Crippen molar-refractivity contribution in [3.63, 3.8) is 0 Å². The van der Waals surface area contributed by atoms with E-state index in [2.05, 4.69) is 5.32 Å². The smallest absolute Gasteiger partial charge is 0.420 e. The molecular weight excluding hydrogens is 336 g/mol. The summed E-state index contributed by atoms with van der Waals surface area (Å²) >= 11 is 0. The third kappa shape index (κ3) is 2.86. The zero-order chi connectivity index (χ0) is 18.1. The second-order valence-corrected chi connectivity index (χ2v) is 6.32. The number of nitrogens with one attached hydrogen (secondary N) is 1. The lowest BCUT2D eigenvalue weighted by molar-refractivity contribution is -0.123. The van der Waals surface area contributed by atoms with Gasteiger partial charge in [-0.05, 0) is 18.2 Å². The van der Waals surface area contributed by atoms with Crippen LogP contribution in [0.3, 0.4) is 0 Å². The van der Waals surface area contributed by atoms with Crippen LogP contribution >= 0.6 is 0 Å². The van der Waals surface area contributed by atoms with Gasteiger partial charge in [-0.1, -0.05) is 30.3 Å². The number of fused-ring (bicyclic) bond motifs is 2. The highest BCUT2D eigenvalue weighted by molar-refractivity contribution is 5.79. The molecule has 0 saturated carbocycles. The Labute approximate surface area is 148 Å². The van der Waals surface area contributed by atoms with Crippen LogP contribution in [0.2, 0.25) is 0 Å². The lowest BCUT2D eigenvalue weighted by Gasteiger charge is -2.34. The molecule has 0 saturated heterocycles. The standard InChI is InChI=1S/C19H18N2O5/c22-17(11-21-14-6-2-4-8-16(14)26-18(21)23)20-12-19(24)9-10-25-15-7-3-1-5-13(15)19/h1-8,24H,9-12H2,(H,20,22). The molecule has 2 N–H and O–H groups in total. The monoisotopic (exact) mass is 354 g/mol. The maximum absolute atomic E-state index is 12.3. The van der Waals surface area contributed by atoms with Crippen LogP contribution in [0.1, 0.15) is 12.0 Å². The Balaban J connectivity index is 1.49. The average Bonchev–Trinajstić information content (AvgIpc) is 2.96. The summed E-state index contributed by atoms with van der Waals surface area (Å²) in [4.78, 5) is 24.3. The largest absolute Gasteiger partial charge is 0.493 e. The normalized spacial score (nSPS) is 19.0. The molecule has 26 heavy (non-hydrogen) atoms. The molecule has 1 aliphatic rings. The highest BCUT2D eigenvalue weighted by Crippen LogP contribution is 2.36. The van der Waals surface area contributed by atoms with Crippen molar-refractivity contribution in [2.75, 3.05) is 13.2 Å². The Kier molecular flexibility index (Phi) is 4.00. The molecule has 0 aliphatic carbocycles. The second kappa shape index (κ2) is 6.34. The van der Waals surface area contributed by atoms with E-state index >= 15 is 0 Å². The quantitative estimate of drug-likeness (QED) is 0.738. The molecule has 1 atom stereocenters. The average molecular weight is 354 g/mol. The van der Waals surface area contributed by atoms with Crippen LogP contribution in [0.5, 0.6) is 5.75 Å². The number of carbonyl (C=O) groups excluding carboxylic acids is 1. The third-order valence-corrected chi connectivity index (χ3v) is 4.62. The minimum atomic E-state index is -1.20. The number of nitrogens with zero attached hydrogens (tertiary/aromatic N) is 1. The maximum atomic E-state index is 12.3. The molecule has 7 heteroatoms. The van der Waals surface area contributed by atoms with Crippen LogP contribution in [0.15, 0.2) is 57.7 Å². The lowest BCUT2D eigenvalue weighted by Crippen LogP contribution is -2.45. The molecule has 4 rings (SSSR count). The number of carbonyl (C=O) groups is 1. The molecule has 0 spiro atoms.